The van der Waals surface area contributed by atoms with E-state index in [2.05, 4.69) is 36.8 Å². The molecule has 0 saturated carbocycles. The van der Waals surface area contributed by atoms with Crippen LogP contribution in [0.15, 0.2) is 30.2 Å². The number of hydrogen-bond acceptors (Lipinski definition) is 7. The minimum atomic E-state index is -0.292. The monoisotopic (exact) mass is 402 g/mol. The standard InChI is InChI=1S/C12H11BrN4OS3/c1-14-9-5-3-6(13)8(4-7(5)15-10(9)18)20-12-17-16-11(19-2)21-12/h3-4,9,14H,1-2H3,(H,15,18). The summed E-state index contributed by atoms with van der Waals surface area (Å²) in [6.45, 7) is 0. The van der Waals surface area contributed by atoms with Crippen LogP contribution in [0.1, 0.15) is 11.6 Å². The zero-order chi connectivity index (χ0) is 15.0. The topological polar surface area (TPSA) is 66.9 Å². The van der Waals surface area contributed by atoms with E-state index in [0.717, 1.165) is 29.3 Å². The van der Waals surface area contributed by atoms with Crippen LogP contribution in [-0.2, 0) is 4.79 Å². The van der Waals surface area contributed by atoms with Crippen molar-refractivity contribution < 1.29 is 4.79 Å². The molecule has 1 aliphatic heterocycles. The van der Waals surface area contributed by atoms with Gasteiger partial charge in [-0.05, 0) is 41.4 Å². The first-order chi connectivity index (χ1) is 10.1. The average molecular weight is 403 g/mol. The van der Waals surface area contributed by atoms with Crippen molar-refractivity contribution in [3.8, 4) is 0 Å². The average Bonchev–Trinajstić information content (AvgIpc) is 3.03. The van der Waals surface area contributed by atoms with Gasteiger partial charge in [-0.3, -0.25) is 4.79 Å². The van der Waals surface area contributed by atoms with Crippen LogP contribution in [0.25, 0.3) is 0 Å². The van der Waals surface area contributed by atoms with Crippen molar-refractivity contribution in [2.24, 2.45) is 0 Å². The van der Waals surface area contributed by atoms with Gasteiger partial charge >= 0.3 is 0 Å². The Hall–Kier alpha value is -0.610. The van der Waals surface area contributed by atoms with Crippen LogP contribution in [0, 0.1) is 0 Å². The summed E-state index contributed by atoms with van der Waals surface area (Å²) in [7, 11) is 1.78. The second kappa shape index (κ2) is 6.25. The number of amides is 1. The molecule has 1 aliphatic rings. The highest BCUT2D eigenvalue weighted by atomic mass is 79.9. The predicted molar refractivity (Wildman–Crippen MR) is 90.4 cm³/mol. The number of fused-ring (bicyclic) bond motifs is 1. The third kappa shape index (κ3) is 2.98. The van der Waals surface area contributed by atoms with Crippen molar-refractivity contribution in [3.63, 3.8) is 0 Å². The van der Waals surface area contributed by atoms with Crippen LogP contribution in [-0.4, -0.2) is 29.4 Å². The van der Waals surface area contributed by atoms with E-state index < -0.39 is 0 Å². The summed E-state index contributed by atoms with van der Waals surface area (Å²) in [5.41, 5.74) is 1.81. The van der Waals surface area contributed by atoms with Crippen molar-refractivity contribution in [2.75, 3.05) is 18.6 Å². The maximum absolute atomic E-state index is 11.9. The zero-order valence-electron chi connectivity index (χ0n) is 11.1. The van der Waals surface area contributed by atoms with Crippen molar-refractivity contribution >= 4 is 62.4 Å². The number of nitrogens with one attached hydrogen (secondary N) is 2. The Morgan fingerprint density at radius 2 is 2.14 bits per heavy atom. The molecule has 0 bridgehead atoms. The van der Waals surface area contributed by atoms with Crippen LogP contribution in [0.2, 0.25) is 0 Å². The smallest absolute Gasteiger partial charge is 0.246 e. The van der Waals surface area contributed by atoms with Gasteiger partial charge in [0, 0.05) is 20.6 Å². The fraction of sp³-hybridized carbons (Fsp3) is 0.250. The molecule has 110 valence electrons. The number of hydrogen-bond donors (Lipinski definition) is 2. The lowest BCUT2D eigenvalue weighted by atomic mass is 10.1. The highest BCUT2D eigenvalue weighted by Crippen LogP contribution is 2.42. The highest BCUT2D eigenvalue weighted by molar-refractivity contribution is 9.10. The molecule has 0 fully saturated rings. The summed E-state index contributed by atoms with van der Waals surface area (Å²) in [4.78, 5) is 12.9. The predicted octanol–water partition coefficient (Wildman–Crippen LogP) is 3.39. The SMILES string of the molecule is CNC1C(=O)Nc2cc(Sc3nnc(SC)s3)c(Br)cc21. The summed E-state index contributed by atoms with van der Waals surface area (Å²) in [6, 6.07) is 3.66. The fourth-order valence-electron chi connectivity index (χ4n) is 2.04. The number of benzene rings is 1. The molecule has 3 rings (SSSR count). The van der Waals surface area contributed by atoms with Gasteiger partial charge in [-0.25, -0.2) is 0 Å². The Morgan fingerprint density at radius 3 is 2.81 bits per heavy atom. The molecule has 0 spiro atoms. The Balaban J connectivity index is 1.91. The lowest BCUT2D eigenvalue weighted by Gasteiger charge is -2.09. The Labute approximate surface area is 142 Å². The third-order valence-electron chi connectivity index (χ3n) is 2.98. The number of nitrogens with zero attached hydrogens (tertiary/aromatic N) is 2. The van der Waals surface area contributed by atoms with Crippen LogP contribution in [0.4, 0.5) is 5.69 Å². The first-order valence-corrected chi connectivity index (χ1v) is 9.64. The Morgan fingerprint density at radius 1 is 1.38 bits per heavy atom. The molecular formula is C12H11BrN4OS3. The van der Waals surface area contributed by atoms with Gasteiger partial charge in [0.15, 0.2) is 8.68 Å². The molecule has 9 heteroatoms. The van der Waals surface area contributed by atoms with Crippen LogP contribution in [0.3, 0.4) is 0 Å². The van der Waals surface area contributed by atoms with Crippen LogP contribution in [0.5, 0.6) is 0 Å². The summed E-state index contributed by atoms with van der Waals surface area (Å²) < 4.78 is 2.77. The molecule has 1 aromatic carbocycles. The molecule has 0 aliphatic carbocycles. The molecule has 1 atom stereocenters. The van der Waals surface area contributed by atoms with Crippen molar-refractivity contribution in [3.05, 3.63) is 22.2 Å². The maximum Gasteiger partial charge on any atom is 0.246 e. The van der Waals surface area contributed by atoms with Crippen LogP contribution >= 0.6 is 50.8 Å². The van der Waals surface area contributed by atoms with E-state index in [1.165, 1.54) is 11.8 Å². The number of aromatic nitrogens is 2. The molecule has 2 N–H and O–H groups in total. The number of thioether (sulfide) groups is 1. The lowest BCUT2D eigenvalue weighted by molar-refractivity contribution is -0.117. The van der Waals surface area contributed by atoms with E-state index in [0.29, 0.717) is 0 Å². The largest absolute Gasteiger partial charge is 0.324 e. The van der Waals surface area contributed by atoms with Crippen LogP contribution < -0.4 is 10.6 Å². The second-order valence-corrected chi connectivity index (χ2v) is 8.40. The third-order valence-corrected chi connectivity index (χ3v) is 6.91. The van der Waals surface area contributed by atoms with E-state index in [-0.39, 0.29) is 11.9 Å². The van der Waals surface area contributed by atoms with E-state index >= 15 is 0 Å². The number of anilines is 1. The Kier molecular flexibility index (Phi) is 4.55. The van der Waals surface area contributed by atoms with Gasteiger partial charge in [-0.1, -0.05) is 34.9 Å². The van der Waals surface area contributed by atoms with E-state index in [4.69, 9.17) is 0 Å². The molecule has 5 nitrogen and oxygen atoms in total. The molecule has 1 amide bonds. The summed E-state index contributed by atoms with van der Waals surface area (Å²) >= 11 is 8.25. The fourth-order valence-corrected chi connectivity index (χ4v) is 5.08. The van der Waals surface area contributed by atoms with E-state index in [9.17, 15) is 4.79 Å². The van der Waals surface area contributed by atoms with Gasteiger partial charge < -0.3 is 10.6 Å². The van der Waals surface area contributed by atoms with Gasteiger partial charge in [0.25, 0.3) is 0 Å². The normalized spacial score (nSPS) is 16.9. The number of likely N-dealkylation sites (N-methyl/N-ethyl adjacent to an activating group) is 1. The number of halogens is 1. The van der Waals surface area contributed by atoms with Gasteiger partial charge in [-0.15, -0.1) is 10.2 Å². The molecule has 1 aromatic heterocycles. The molecule has 21 heavy (non-hydrogen) atoms. The van der Waals surface area contributed by atoms with Gasteiger partial charge in [-0.2, -0.15) is 0 Å². The van der Waals surface area contributed by atoms with Crippen molar-refractivity contribution in [2.45, 2.75) is 19.6 Å². The quantitative estimate of drug-likeness (QED) is 0.763. The molecule has 0 radical (unpaired) electrons. The summed E-state index contributed by atoms with van der Waals surface area (Å²) in [5, 5.41) is 14.1. The van der Waals surface area contributed by atoms with Gasteiger partial charge in [0.2, 0.25) is 5.91 Å². The number of carbonyl (C=O) groups is 1. The minimum Gasteiger partial charge on any atom is -0.324 e. The zero-order valence-corrected chi connectivity index (χ0v) is 15.2. The minimum absolute atomic E-state index is 0.0258. The van der Waals surface area contributed by atoms with Gasteiger partial charge in [0.1, 0.15) is 6.04 Å². The first-order valence-electron chi connectivity index (χ1n) is 5.99. The molecule has 0 saturated heterocycles. The molecular weight excluding hydrogens is 392 g/mol. The number of rotatable bonds is 4. The second-order valence-electron chi connectivity index (χ2n) is 4.22. The first kappa shape index (κ1) is 15.3. The molecule has 2 heterocycles. The number of carbonyl (C=O) groups excluding carboxylic acids is 1. The lowest BCUT2D eigenvalue weighted by Crippen LogP contribution is -2.23. The highest BCUT2D eigenvalue weighted by Gasteiger charge is 2.30. The van der Waals surface area contributed by atoms with E-state index in [1.807, 2.05) is 18.4 Å². The maximum atomic E-state index is 11.9. The summed E-state index contributed by atoms with van der Waals surface area (Å²) in [5.74, 6) is -0.0258. The van der Waals surface area contributed by atoms with Crippen molar-refractivity contribution in [1.82, 2.24) is 15.5 Å². The van der Waals surface area contributed by atoms with Crippen molar-refractivity contribution in [1.29, 1.82) is 0 Å². The van der Waals surface area contributed by atoms with E-state index in [1.54, 1.807) is 30.1 Å². The summed E-state index contributed by atoms with van der Waals surface area (Å²) in [6.07, 6.45) is 1.98. The Bertz CT molecular complexity index is 706. The molecule has 2 aromatic rings. The van der Waals surface area contributed by atoms with Gasteiger partial charge in [0.05, 0.1) is 0 Å². The molecule has 1 unspecified atom stereocenters.